The molecule has 0 spiro atoms. The van der Waals surface area contributed by atoms with Crippen LogP contribution in [0, 0.1) is 0 Å². The van der Waals surface area contributed by atoms with E-state index in [2.05, 4.69) is 6.92 Å². The largest absolute Gasteiger partial charge is 0.391 e. The van der Waals surface area contributed by atoms with Crippen LogP contribution in [-0.4, -0.2) is 41.9 Å². The van der Waals surface area contributed by atoms with Crippen LogP contribution in [-0.2, 0) is 9.47 Å². The van der Waals surface area contributed by atoms with E-state index < -0.39 is 12.2 Å². The Hall–Kier alpha value is -0.160. The maximum absolute atomic E-state index is 9.63. The van der Waals surface area contributed by atoms with Crippen LogP contribution in [0.5, 0.6) is 0 Å². The lowest BCUT2D eigenvalue weighted by Crippen LogP contribution is -2.27. The SMILES string of the molecule is CCCCCCCCCCCC(OCC(O)CC)OCC(O)CC. The summed E-state index contributed by atoms with van der Waals surface area (Å²) >= 11 is 0. The first-order valence-electron chi connectivity index (χ1n) is 10.2. The van der Waals surface area contributed by atoms with Crippen molar-refractivity contribution in [1.29, 1.82) is 0 Å². The number of hydrogen-bond acceptors (Lipinski definition) is 4. The highest BCUT2D eigenvalue weighted by Gasteiger charge is 2.13. The highest BCUT2D eigenvalue weighted by atomic mass is 16.7. The Morgan fingerprint density at radius 1 is 0.625 bits per heavy atom. The second-order valence-electron chi connectivity index (χ2n) is 6.84. The van der Waals surface area contributed by atoms with Gasteiger partial charge in [0.05, 0.1) is 25.4 Å². The fraction of sp³-hybridized carbons (Fsp3) is 1.00. The number of unbranched alkanes of at least 4 members (excludes halogenated alkanes) is 8. The van der Waals surface area contributed by atoms with Crippen molar-refractivity contribution in [3.05, 3.63) is 0 Å². The van der Waals surface area contributed by atoms with Gasteiger partial charge in [-0.2, -0.15) is 0 Å². The van der Waals surface area contributed by atoms with Crippen LogP contribution >= 0.6 is 0 Å². The Bertz CT molecular complexity index is 234. The quantitative estimate of drug-likeness (QED) is 0.276. The van der Waals surface area contributed by atoms with Crippen molar-refractivity contribution in [1.82, 2.24) is 0 Å². The van der Waals surface area contributed by atoms with Gasteiger partial charge in [0.15, 0.2) is 6.29 Å². The molecule has 2 unspecified atom stereocenters. The molecule has 24 heavy (non-hydrogen) atoms. The normalized spacial score (nSPS) is 15.4. The van der Waals surface area contributed by atoms with Gasteiger partial charge in [-0.25, -0.2) is 0 Å². The molecule has 0 saturated carbocycles. The van der Waals surface area contributed by atoms with Crippen LogP contribution < -0.4 is 0 Å². The lowest BCUT2D eigenvalue weighted by molar-refractivity contribution is -0.173. The van der Waals surface area contributed by atoms with Crippen molar-refractivity contribution in [2.45, 2.75) is 116 Å². The number of aliphatic hydroxyl groups is 2. The summed E-state index contributed by atoms with van der Waals surface area (Å²) in [5, 5.41) is 19.3. The number of rotatable bonds is 18. The molecule has 2 N–H and O–H groups in total. The highest BCUT2D eigenvalue weighted by Crippen LogP contribution is 2.14. The molecule has 0 heterocycles. The molecule has 0 amide bonds. The summed E-state index contributed by atoms with van der Waals surface area (Å²) in [5.74, 6) is 0. The second-order valence-corrected chi connectivity index (χ2v) is 6.84. The molecule has 0 aromatic carbocycles. The average molecular weight is 347 g/mol. The summed E-state index contributed by atoms with van der Waals surface area (Å²) < 4.78 is 11.4. The molecule has 0 saturated heterocycles. The molecule has 0 radical (unpaired) electrons. The Kier molecular flexibility index (Phi) is 17.5. The topological polar surface area (TPSA) is 58.9 Å². The molecule has 4 heteroatoms. The molecular formula is C20H42O4. The third-order valence-corrected chi connectivity index (χ3v) is 4.43. The van der Waals surface area contributed by atoms with E-state index in [0.29, 0.717) is 26.1 Å². The Morgan fingerprint density at radius 3 is 1.46 bits per heavy atom. The van der Waals surface area contributed by atoms with E-state index in [4.69, 9.17) is 9.47 Å². The summed E-state index contributed by atoms with van der Waals surface area (Å²) in [6.07, 6.45) is 12.6. The third-order valence-electron chi connectivity index (χ3n) is 4.43. The first-order chi connectivity index (χ1) is 11.6. The van der Waals surface area contributed by atoms with Gasteiger partial charge in [0.25, 0.3) is 0 Å². The van der Waals surface area contributed by atoms with Crippen molar-refractivity contribution >= 4 is 0 Å². The van der Waals surface area contributed by atoms with Crippen molar-refractivity contribution in [2.75, 3.05) is 13.2 Å². The number of ether oxygens (including phenoxy) is 2. The lowest BCUT2D eigenvalue weighted by atomic mass is 10.1. The van der Waals surface area contributed by atoms with Crippen LogP contribution in [0.3, 0.4) is 0 Å². The summed E-state index contributed by atoms with van der Waals surface area (Å²) in [5.41, 5.74) is 0. The molecule has 0 aromatic heterocycles. The molecule has 146 valence electrons. The predicted molar refractivity (Wildman–Crippen MR) is 100 cm³/mol. The van der Waals surface area contributed by atoms with Crippen molar-refractivity contribution in [2.24, 2.45) is 0 Å². The Balaban J connectivity index is 3.77. The molecule has 0 aliphatic carbocycles. The third kappa shape index (κ3) is 15.4. The van der Waals surface area contributed by atoms with E-state index in [0.717, 1.165) is 12.8 Å². The van der Waals surface area contributed by atoms with Gasteiger partial charge in [-0.05, 0) is 25.7 Å². The van der Waals surface area contributed by atoms with Crippen molar-refractivity contribution < 1.29 is 19.7 Å². The van der Waals surface area contributed by atoms with Gasteiger partial charge in [0.1, 0.15) is 0 Å². The fourth-order valence-electron chi connectivity index (χ4n) is 2.51. The Morgan fingerprint density at radius 2 is 1.04 bits per heavy atom. The second kappa shape index (κ2) is 17.7. The van der Waals surface area contributed by atoms with Crippen LogP contribution in [0.2, 0.25) is 0 Å². The molecule has 0 aliphatic heterocycles. The molecule has 4 nitrogen and oxygen atoms in total. The van der Waals surface area contributed by atoms with Crippen LogP contribution in [0.15, 0.2) is 0 Å². The molecule has 0 rings (SSSR count). The van der Waals surface area contributed by atoms with Gasteiger partial charge < -0.3 is 19.7 Å². The van der Waals surface area contributed by atoms with E-state index in [1.54, 1.807) is 0 Å². The summed E-state index contributed by atoms with van der Waals surface area (Å²) in [6, 6.07) is 0. The van der Waals surface area contributed by atoms with Gasteiger partial charge in [-0.3, -0.25) is 0 Å². The van der Waals surface area contributed by atoms with E-state index in [-0.39, 0.29) is 6.29 Å². The fourth-order valence-corrected chi connectivity index (χ4v) is 2.51. The standard InChI is InChI=1S/C20H42O4/c1-4-7-8-9-10-11-12-13-14-15-20(23-16-18(21)5-2)24-17-19(22)6-3/h18-22H,4-17H2,1-3H3. The maximum Gasteiger partial charge on any atom is 0.157 e. The van der Waals surface area contributed by atoms with Gasteiger partial charge in [0.2, 0.25) is 0 Å². The van der Waals surface area contributed by atoms with Gasteiger partial charge in [-0.15, -0.1) is 0 Å². The monoisotopic (exact) mass is 346 g/mol. The zero-order valence-corrected chi connectivity index (χ0v) is 16.3. The average Bonchev–Trinajstić information content (AvgIpc) is 2.61. The van der Waals surface area contributed by atoms with Crippen molar-refractivity contribution in [3.8, 4) is 0 Å². The molecule has 0 aliphatic rings. The highest BCUT2D eigenvalue weighted by molar-refractivity contribution is 4.56. The van der Waals surface area contributed by atoms with Crippen molar-refractivity contribution in [3.63, 3.8) is 0 Å². The van der Waals surface area contributed by atoms with Gasteiger partial charge in [0, 0.05) is 0 Å². The van der Waals surface area contributed by atoms with E-state index in [9.17, 15) is 10.2 Å². The number of aliphatic hydroxyl groups excluding tert-OH is 2. The first kappa shape index (κ1) is 23.8. The minimum atomic E-state index is -0.435. The molecule has 2 atom stereocenters. The van der Waals surface area contributed by atoms with Crippen LogP contribution in [0.25, 0.3) is 0 Å². The molecule has 0 fully saturated rings. The number of hydrogen-bond donors (Lipinski definition) is 2. The molecule has 0 aromatic rings. The smallest absolute Gasteiger partial charge is 0.157 e. The first-order valence-corrected chi connectivity index (χ1v) is 10.2. The summed E-state index contributed by atoms with van der Waals surface area (Å²) in [4.78, 5) is 0. The van der Waals surface area contributed by atoms with E-state index in [1.165, 1.54) is 51.4 Å². The molecular weight excluding hydrogens is 304 g/mol. The maximum atomic E-state index is 9.63. The van der Waals surface area contributed by atoms with Gasteiger partial charge in [-0.1, -0.05) is 72.1 Å². The van der Waals surface area contributed by atoms with Crippen LogP contribution in [0.4, 0.5) is 0 Å². The zero-order valence-electron chi connectivity index (χ0n) is 16.3. The summed E-state index contributed by atoms with van der Waals surface area (Å²) in [6.45, 7) is 6.73. The Labute approximate surface area is 149 Å². The minimum absolute atomic E-state index is 0.306. The van der Waals surface area contributed by atoms with E-state index >= 15 is 0 Å². The predicted octanol–water partition coefficient (Wildman–Crippen LogP) is 4.81. The zero-order chi connectivity index (χ0) is 18.0. The van der Waals surface area contributed by atoms with Crippen LogP contribution in [0.1, 0.15) is 97.8 Å². The lowest BCUT2D eigenvalue weighted by Gasteiger charge is -2.21. The van der Waals surface area contributed by atoms with E-state index in [1.807, 2.05) is 13.8 Å². The van der Waals surface area contributed by atoms with Gasteiger partial charge >= 0.3 is 0 Å². The minimum Gasteiger partial charge on any atom is -0.391 e. The summed E-state index contributed by atoms with van der Waals surface area (Å²) in [7, 11) is 0. The molecule has 0 bridgehead atoms.